The van der Waals surface area contributed by atoms with Crippen LogP contribution in [-0.2, 0) is 13.3 Å². The van der Waals surface area contributed by atoms with Gasteiger partial charge in [0.1, 0.15) is 0 Å². The van der Waals surface area contributed by atoms with E-state index in [2.05, 4.69) is 72.0 Å². The maximum Gasteiger partial charge on any atom is 0.217 e. The van der Waals surface area contributed by atoms with Crippen LogP contribution in [-0.4, -0.2) is 53.7 Å². The number of hydrogen-bond donors (Lipinski definition) is 0. The Bertz CT molecular complexity index is 350. The van der Waals surface area contributed by atoms with Crippen molar-refractivity contribution in [3.05, 3.63) is 0 Å². The summed E-state index contributed by atoms with van der Waals surface area (Å²) < 4.78 is 19.8. The molecule has 0 aromatic heterocycles. The van der Waals surface area contributed by atoms with Crippen molar-refractivity contribution in [2.24, 2.45) is 0 Å². The zero-order chi connectivity index (χ0) is 18.2. The summed E-state index contributed by atoms with van der Waals surface area (Å²) >= 11 is 6.98. The molecule has 0 aromatic rings. The van der Waals surface area contributed by atoms with Gasteiger partial charge in [-0.2, -0.15) is 11.1 Å². The molecule has 1 atom stereocenters. The van der Waals surface area contributed by atoms with Gasteiger partial charge in [-0.1, -0.05) is 13.1 Å². The largest absolute Gasteiger partial charge is 0.414 e. The molecule has 0 saturated carbocycles. The molecule has 0 aliphatic rings. The lowest BCUT2D eigenvalue weighted by Gasteiger charge is -2.52. The van der Waals surface area contributed by atoms with Gasteiger partial charge in [0.25, 0.3) is 0 Å². The van der Waals surface area contributed by atoms with Crippen LogP contribution in [0.1, 0.15) is 0 Å². The highest BCUT2D eigenvalue weighted by Crippen LogP contribution is 2.39. The Balaban J connectivity index is 5.97. The lowest BCUT2D eigenvalue weighted by Crippen LogP contribution is -2.69. The lowest BCUT2D eigenvalue weighted by atomic mass is 10.7. The van der Waals surface area contributed by atoms with Gasteiger partial charge in [-0.05, 0) is 58.9 Å². The van der Waals surface area contributed by atoms with Crippen molar-refractivity contribution < 1.29 is 13.3 Å². The van der Waals surface area contributed by atoms with Gasteiger partial charge in [-0.3, -0.25) is 0 Å². The molecule has 0 aliphatic heterocycles. The van der Waals surface area contributed by atoms with Crippen LogP contribution in [0.3, 0.4) is 0 Å². The van der Waals surface area contributed by atoms with E-state index in [1.54, 1.807) is 0 Å². The third-order valence-corrected chi connectivity index (χ3v) is 11.2. The minimum absolute atomic E-state index is 0.0169. The van der Waals surface area contributed by atoms with Crippen molar-refractivity contribution in [3.8, 4) is 0 Å². The Morgan fingerprint density at radius 3 is 1.23 bits per heavy atom. The molecule has 0 spiro atoms. The fraction of sp³-hybridized carbons (Fsp3) is 1.00. The van der Waals surface area contributed by atoms with Crippen LogP contribution in [0.5, 0.6) is 0 Å². The normalized spacial score (nSPS) is 16.9. The summed E-state index contributed by atoms with van der Waals surface area (Å²) in [6.45, 7) is 24.1. The van der Waals surface area contributed by atoms with Gasteiger partial charge in [0.15, 0.2) is 30.4 Å². The van der Waals surface area contributed by atoms with Gasteiger partial charge in [-0.25, -0.2) is 0 Å². The molecular formula is C13H37ClO3Si5. The highest BCUT2D eigenvalue weighted by molar-refractivity contribution is 7.21. The molecule has 0 fully saturated rings. The molecule has 22 heavy (non-hydrogen) atoms. The van der Waals surface area contributed by atoms with Gasteiger partial charge in [-0.15, -0.1) is 0 Å². The summed E-state index contributed by atoms with van der Waals surface area (Å²) in [6, 6.07) is 0. The van der Waals surface area contributed by atoms with Crippen molar-refractivity contribution in [2.45, 2.75) is 83.2 Å². The molecule has 0 bridgehead atoms. The molecule has 9 heteroatoms. The zero-order valence-electron chi connectivity index (χ0n) is 16.7. The first-order chi connectivity index (χ1) is 9.29. The van der Waals surface area contributed by atoms with Crippen LogP contribution in [0.4, 0.5) is 0 Å². The van der Waals surface area contributed by atoms with Crippen molar-refractivity contribution in [1.82, 2.24) is 0 Å². The maximum atomic E-state index is 6.98. The average molecular weight is 417 g/mol. The average Bonchev–Trinajstić information content (AvgIpc) is 2.06. The summed E-state index contributed by atoms with van der Waals surface area (Å²) in [6.07, 6.45) is 0. The summed E-state index contributed by atoms with van der Waals surface area (Å²) in [5.41, 5.74) is -0.743. The fourth-order valence-electron chi connectivity index (χ4n) is 2.43. The van der Waals surface area contributed by atoms with E-state index in [1.807, 2.05) is 0 Å². The van der Waals surface area contributed by atoms with Gasteiger partial charge in [0.2, 0.25) is 7.38 Å². The van der Waals surface area contributed by atoms with Crippen molar-refractivity contribution in [1.29, 1.82) is 0 Å². The lowest BCUT2D eigenvalue weighted by molar-refractivity contribution is -0.107. The fourth-order valence-corrected chi connectivity index (χ4v) is 17.6. The number of halogens is 1. The van der Waals surface area contributed by atoms with E-state index in [0.29, 0.717) is 0 Å². The Labute approximate surface area is 150 Å². The first-order valence-corrected chi connectivity index (χ1v) is 23.5. The molecular weight excluding hydrogens is 380 g/mol. The number of rotatable bonds is 8. The Morgan fingerprint density at radius 2 is 1.05 bits per heavy atom. The summed E-state index contributed by atoms with van der Waals surface area (Å²) in [7, 11) is -6.80. The second-order valence-corrected chi connectivity index (χ2v) is 30.3. The molecule has 0 amide bonds. The van der Waals surface area contributed by atoms with Crippen LogP contribution < -0.4 is 0 Å². The van der Waals surface area contributed by atoms with Crippen LogP contribution >= 0.6 is 11.1 Å². The topological polar surface area (TPSA) is 27.7 Å². The summed E-state index contributed by atoms with van der Waals surface area (Å²) in [5.74, 6) is 0. The second kappa shape index (κ2) is 7.24. The second-order valence-electron chi connectivity index (χ2n) is 9.44. The quantitative estimate of drug-likeness (QED) is 0.341. The standard InChI is InChI=1S/C13H37ClO3Si5/c1-19(2,3)15-12(18)13(22(10,11)14,16-20(4,5)6)17-21(7,8)9/h12H,1-11,18H3. The first-order valence-electron chi connectivity index (χ1n) is 8.06. The molecule has 0 radical (unpaired) electrons. The van der Waals surface area contributed by atoms with Gasteiger partial charge >= 0.3 is 0 Å². The zero-order valence-corrected chi connectivity index (χ0v) is 23.4. The Hall–Kier alpha value is 1.25. The SMILES string of the molecule is C[Si](C)(C)OC([SiH3])C(O[Si](C)(C)C)(O[Si](C)(C)C)[Si](C)(C)Cl. The third kappa shape index (κ3) is 7.88. The van der Waals surface area contributed by atoms with Crippen LogP contribution in [0.25, 0.3) is 0 Å². The van der Waals surface area contributed by atoms with Gasteiger partial charge < -0.3 is 13.3 Å². The Morgan fingerprint density at radius 1 is 0.727 bits per heavy atom. The predicted octanol–water partition coefficient (Wildman–Crippen LogP) is 3.91. The third-order valence-electron chi connectivity index (χ3n) is 2.81. The van der Waals surface area contributed by atoms with Crippen molar-refractivity contribution >= 4 is 53.7 Å². The molecule has 0 N–H and O–H groups in total. The monoisotopic (exact) mass is 416 g/mol. The minimum Gasteiger partial charge on any atom is -0.414 e. The molecule has 0 aromatic carbocycles. The van der Waals surface area contributed by atoms with E-state index in [9.17, 15) is 0 Å². The molecule has 1 unspecified atom stereocenters. The van der Waals surface area contributed by atoms with E-state index in [-0.39, 0.29) is 5.73 Å². The smallest absolute Gasteiger partial charge is 0.217 e. The molecule has 134 valence electrons. The van der Waals surface area contributed by atoms with E-state index in [4.69, 9.17) is 24.4 Å². The van der Waals surface area contributed by atoms with Crippen LogP contribution in [0.15, 0.2) is 0 Å². The molecule has 3 nitrogen and oxygen atoms in total. The highest BCUT2D eigenvalue weighted by atomic mass is 35.6. The van der Waals surface area contributed by atoms with E-state index >= 15 is 0 Å². The molecule has 0 heterocycles. The van der Waals surface area contributed by atoms with Crippen LogP contribution in [0.2, 0.25) is 72.0 Å². The maximum absolute atomic E-state index is 6.98. The minimum atomic E-state index is -2.29. The van der Waals surface area contributed by atoms with Gasteiger partial charge in [0.05, 0.1) is 5.73 Å². The number of hydrogen-bond acceptors (Lipinski definition) is 3. The van der Waals surface area contributed by atoms with Gasteiger partial charge in [0, 0.05) is 10.2 Å². The van der Waals surface area contributed by atoms with E-state index in [0.717, 1.165) is 10.2 Å². The van der Waals surface area contributed by atoms with E-state index in [1.165, 1.54) is 0 Å². The summed E-state index contributed by atoms with van der Waals surface area (Å²) in [4.78, 5) is 0. The highest BCUT2D eigenvalue weighted by Gasteiger charge is 2.57. The molecule has 0 rings (SSSR count). The first kappa shape index (κ1) is 23.3. The van der Waals surface area contributed by atoms with Crippen molar-refractivity contribution in [3.63, 3.8) is 0 Å². The molecule has 0 aliphatic carbocycles. The van der Waals surface area contributed by atoms with Crippen molar-refractivity contribution in [2.75, 3.05) is 0 Å². The summed E-state index contributed by atoms with van der Waals surface area (Å²) in [5, 5.41) is 0. The van der Waals surface area contributed by atoms with E-state index < -0.39 is 37.7 Å². The van der Waals surface area contributed by atoms with Crippen LogP contribution in [0, 0.1) is 0 Å². The molecule has 0 saturated heterocycles. The Kier molecular flexibility index (Phi) is 7.66. The predicted molar refractivity (Wildman–Crippen MR) is 113 cm³/mol.